The number of likely N-dealkylation sites (tertiary alicyclic amines) is 2. The quantitative estimate of drug-likeness (QED) is 0.418. The number of anilines is 1. The van der Waals surface area contributed by atoms with E-state index in [1.165, 1.54) is 25.7 Å². The minimum absolute atomic E-state index is 0.119. The summed E-state index contributed by atoms with van der Waals surface area (Å²) >= 11 is 6.02. The fourth-order valence-electron chi connectivity index (χ4n) is 8.05. The number of amides is 3. The first kappa shape index (κ1) is 28.7. The van der Waals surface area contributed by atoms with Gasteiger partial charge < -0.3 is 25.2 Å². The van der Waals surface area contributed by atoms with Crippen molar-refractivity contribution >= 4 is 35.0 Å². The van der Waals surface area contributed by atoms with E-state index in [4.69, 9.17) is 16.3 Å². The molecule has 5 aliphatic rings. The number of nitrogens with zero attached hydrogens (tertiary/aromatic N) is 2. The molecule has 2 bridgehead atoms. The van der Waals surface area contributed by atoms with E-state index in [-0.39, 0.29) is 23.8 Å². The zero-order chi connectivity index (χ0) is 28.6. The van der Waals surface area contributed by atoms with Crippen LogP contribution in [0, 0.1) is 11.8 Å². The molecule has 8 nitrogen and oxygen atoms in total. The van der Waals surface area contributed by atoms with E-state index in [1.807, 2.05) is 12.2 Å². The summed E-state index contributed by atoms with van der Waals surface area (Å²) in [6.07, 6.45) is 14.2. The first-order valence-electron chi connectivity index (χ1n) is 15.7. The van der Waals surface area contributed by atoms with Gasteiger partial charge in [0.15, 0.2) is 0 Å². The molecular formula is C32H43ClN4O4. The molecule has 1 aromatic carbocycles. The van der Waals surface area contributed by atoms with Gasteiger partial charge in [-0.1, -0.05) is 56.4 Å². The second-order valence-electron chi connectivity index (χ2n) is 12.5. The smallest absolute Gasteiger partial charge is 0.246 e. The lowest BCUT2D eigenvalue weighted by atomic mass is 9.74. The molecule has 6 rings (SSSR count). The maximum Gasteiger partial charge on any atom is 0.246 e. The second kappa shape index (κ2) is 12.1. The summed E-state index contributed by atoms with van der Waals surface area (Å²) in [4.78, 5) is 46.1. The van der Waals surface area contributed by atoms with Crippen molar-refractivity contribution in [3.05, 3.63) is 41.4 Å². The molecule has 4 fully saturated rings. The Balaban J connectivity index is 1.23. The Morgan fingerprint density at radius 1 is 1.02 bits per heavy atom. The van der Waals surface area contributed by atoms with E-state index in [1.54, 1.807) is 29.2 Å². The molecule has 1 spiro atoms. The highest BCUT2D eigenvalue weighted by molar-refractivity contribution is 6.30. The number of rotatable bonds is 9. The molecule has 41 heavy (non-hydrogen) atoms. The Kier molecular flexibility index (Phi) is 8.44. The summed E-state index contributed by atoms with van der Waals surface area (Å²) in [5.74, 6) is -2.01. The van der Waals surface area contributed by atoms with Crippen LogP contribution in [0.15, 0.2) is 36.4 Å². The normalized spacial score (nSPS) is 33.3. The van der Waals surface area contributed by atoms with Gasteiger partial charge in [0.05, 0.1) is 17.9 Å². The number of halogens is 1. The summed E-state index contributed by atoms with van der Waals surface area (Å²) in [6, 6.07) is 6.85. The van der Waals surface area contributed by atoms with E-state index in [0.29, 0.717) is 23.3 Å². The fraction of sp³-hybridized carbons (Fsp3) is 0.656. The molecule has 1 saturated carbocycles. The molecule has 3 saturated heterocycles. The highest BCUT2D eigenvalue weighted by Crippen LogP contribution is 2.55. The van der Waals surface area contributed by atoms with Crippen LogP contribution in [0.1, 0.15) is 71.1 Å². The summed E-state index contributed by atoms with van der Waals surface area (Å²) in [7, 11) is 0. The topological polar surface area (TPSA) is 91.0 Å². The molecular weight excluding hydrogens is 540 g/mol. The lowest BCUT2D eigenvalue weighted by Gasteiger charge is -2.36. The standard InChI is InChI=1S/C32H43ClN4O4/c1-2-24-11-6-7-18-36(24)19-8-20-37-28(30(39)35-22-9-4-3-5-10-22)32-17-16-25(41-32)26(27(32)31(37)40)29(38)34-23-14-12-21(33)13-15-23/h12-17,22,24-28H,2-11,18-20H2,1H3,(H,34,38)(H,35,39)/t24-,25+,26+,27+,28+,32+/m1/s1. The van der Waals surface area contributed by atoms with Gasteiger partial charge in [-0.05, 0) is 69.3 Å². The predicted molar refractivity (Wildman–Crippen MR) is 158 cm³/mol. The average Bonchev–Trinajstić information content (AvgIpc) is 3.62. The third-order valence-electron chi connectivity index (χ3n) is 10.1. The van der Waals surface area contributed by atoms with E-state index in [9.17, 15) is 14.4 Å². The number of hydrogen-bond donors (Lipinski definition) is 2. The van der Waals surface area contributed by atoms with Crippen LogP contribution in [-0.2, 0) is 19.1 Å². The Morgan fingerprint density at radius 2 is 1.78 bits per heavy atom. The first-order valence-corrected chi connectivity index (χ1v) is 16.1. The molecule has 0 unspecified atom stereocenters. The number of benzene rings is 1. The molecule has 6 atom stereocenters. The Bertz CT molecular complexity index is 1170. The van der Waals surface area contributed by atoms with Crippen molar-refractivity contribution < 1.29 is 19.1 Å². The highest BCUT2D eigenvalue weighted by Gasteiger charge is 2.72. The number of hydrogen-bond acceptors (Lipinski definition) is 5. The van der Waals surface area contributed by atoms with Crippen LogP contribution in [-0.4, -0.2) is 77.0 Å². The van der Waals surface area contributed by atoms with E-state index < -0.39 is 29.6 Å². The molecule has 1 aromatic rings. The van der Waals surface area contributed by atoms with Crippen LogP contribution in [0.5, 0.6) is 0 Å². The summed E-state index contributed by atoms with van der Waals surface area (Å²) in [6.45, 7) is 4.70. The lowest BCUT2D eigenvalue weighted by Crippen LogP contribution is -2.56. The maximum atomic E-state index is 14.2. The number of fused-ring (bicyclic) bond motifs is 1. The van der Waals surface area contributed by atoms with E-state index >= 15 is 0 Å². The second-order valence-corrected chi connectivity index (χ2v) is 13.0. The Hall–Kier alpha value is -2.42. The molecule has 9 heteroatoms. The number of nitrogens with one attached hydrogen (secondary N) is 2. The van der Waals surface area contributed by atoms with Crippen molar-refractivity contribution in [2.75, 3.05) is 25.0 Å². The first-order chi connectivity index (χ1) is 19.9. The van der Waals surface area contributed by atoms with Gasteiger partial charge in [-0.25, -0.2) is 0 Å². The van der Waals surface area contributed by atoms with Gasteiger partial charge in [-0.15, -0.1) is 0 Å². The molecule has 0 aromatic heterocycles. The van der Waals surface area contributed by atoms with Gasteiger partial charge in [-0.2, -0.15) is 0 Å². The number of ether oxygens (including phenoxy) is 1. The van der Waals surface area contributed by atoms with E-state index in [0.717, 1.165) is 51.6 Å². The van der Waals surface area contributed by atoms with Crippen LogP contribution in [0.25, 0.3) is 0 Å². The van der Waals surface area contributed by atoms with Gasteiger partial charge in [0.2, 0.25) is 17.7 Å². The van der Waals surface area contributed by atoms with Gasteiger partial charge in [0.25, 0.3) is 0 Å². The monoisotopic (exact) mass is 582 g/mol. The Labute approximate surface area is 248 Å². The van der Waals surface area contributed by atoms with E-state index in [2.05, 4.69) is 22.5 Å². The van der Waals surface area contributed by atoms with Crippen LogP contribution >= 0.6 is 11.6 Å². The van der Waals surface area contributed by atoms with Crippen LogP contribution in [0.4, 0.5) is 5.69 Å². The van der Waals surface area contributed by atoms with Crippen molar-refractivity contribution in [3.8, 4) is 0 Å². The number of piperidine rings is 1. The average molecular weight is 583 g/mol. The molecule has 1 aliphatic carbocycles. The highest BCUT2D eigenvalue weighted by atomic mass is 35.5. The van der Waals surface area contributed by atoms with Crippen LogP contribution in [0.2, 0.25) is 5.02 Å². The third-order valence-corrected chi connectivity index (χ3v) is 10.3. The molecule has 2 N–H and O–H groups in total. The van der Waals surface area contributed by atoms with Gasteiger partial charge in [0, 0.05) is 35.9 Å². The van der Waals surface area contributed by atoms with Crippen LogP contribution in [0.3, 0.4) is 0 Å². The van der Waals surface area contributed by atoms with Crippen LogP contribution < -0.4 is 10.6 Å². The summed E-state index contributed by atoms with van der Waals surface area (Å²) < 4.78 is 6.50. The molecule has 4 heterocycles. The molecule has 222 valence electrons. The molecule has 3 amide bonds. The minimum Gasteiger partial charge on any atom is -0.359 e. The lowest BCUT2D eigenvalue weighted by molar-refractivity contribution is -0.141. The summed E-state index contributed by atoms with van der Waals surface area (Å²) in [5.41, 5.74) is -0.513. The SMILES string of the molecule is CC[C@@H]1CCCCN1CCCN1C(=O)[C@@H]2[C@@H](C(=O)Nc3ccc(Cl)cc3)[C@@H]3C=C[C@@]2(O3)[C@@H]1C(=O)NC1CCCCC1. The number of carbonyl (C=O) groups excluding carboxylic acids is 3. The zero-order valence-electron chi connectivity index (χ0n) is 24.0. The van der Waals surface area contributed by atoms with Gasteiger partial charge >= 0.3 is 0 Å². The minimum atomic E-state index is -1.13. The fourth-order valence-corrected chi connectivity index (χ4v) is 8.18. The van der Waals surface area contributed by atoms with Crippen molar-refractivity contribution in [3.63, 3.8) is 0 Å². The maximum absolute atomic E-state index is 14.2. The van der Waals surface area contributed by atoms with Gasteiger partial charge in [0.1, 0.15) is 11.6 Å². The largest absolute Gasteiger partial charge is 0.359 e. The summed E-state index contributed by atoms with van der Waals surface area (Å²) in [5, 5.41) is 6.81. The predicted octanol–water partition coefficient (Wildman–Crippen LogP) is 4.53. The van der Waals surface area contributed by atoms with Crippen molar-refractivity contribution in [2.24, 2.45) is 11.8 Å². The Morgan fingerprint density at radius 3 is 2.54 bits per heavy atom. The molecule has 4 aliphatic heterocycles. The van der Waals surface area contributed by atoms with Crippen molar-refractivity contribution in [1.82, 2.24) is 15.1 Å². The number of carbonyl (C=O) groups is 3. The van der Waals surface area contributed by atoms with Gasteiger partial charge in [-0.3, -0.25) is 14.4 Å². The van der Waals surface area contributed by atoms with Crippen molar-refractivity contribution in [1.29, 1.82) is 0 Å². The third kappa shape index (κ3) is 5.43. The zero-order valence-corrected chi connectivity index (χ0v) is 24.8. The molecule has 0 radical (unpaired) electrons. The van der Waals surface area contributed by atoms with Crippen molar-refractivity contribution in [2.45, 2.75) is 101 Å².